The maximum Gasteiger partial charge on any atom is 0.133 e. The van der Waals surface area contributed by atoms with Gasteiger partial charge in [0, 0.05) is 24.7 Å². The van der Waals surface area contributed by atoms with Crippen molar-refractivity contribution in [1.82, 2.24) is 9.78 Å². The maximum absolute atomic E-state index is 13.6. The van der Waals surface area contributed by atoms with E-state index in [1.165, 1.54) is 12.1 Å². The fraction of sp³-hybridized carbons (Fsp3) is 0.400. The molecule has 0 amide bonds. The number of hydrogen-bond donors (Lipinski definition) is 1. The normalized spacial score (nSPS) is 12.5. The second-order valence-corrected chi connectivity index (χ2v) is 5.60. The summed E-state index contributed by atoms with van der Waals surface area (Å²) in [5, 5.41) is 4.74. The third-order valence-electron chi connectivity index (χ3n) is 3.14. The average Bonchev–Trinajstić information content (AvgIpc) is 2.59. The number of aromatic nitrogens is 2. The van der Waals surface area contributed by atoms with Gasteiger partial charge in [-0.1, -0.05) is 11.6 Å². The molecule has 1 atom stereocenters. The summed E-state index contributed by atoms with van der Waals surface area (Å²) < 4.78 is 20.8. The Bertz CT molecular complexity index is 640. The first-order chi connectivity index (χ1) is 9.86. The molecule has 0 spiro atoms. The zero-order chi connectivity index (χ0) is 15.6. The second kappa shape index (κ2) is 6.45. The summed E-state index contributed by atoms with van der Waals surface area (Å²) in [7, 11) is 1.77. The highest BCUT2D eigenvalue weighted by molar-refractivity contribution is 6.30. The van der Waals surface area contributed by atoms with Gasteiger partial charge in [-0.2, -0.15) is 5.10 Å². The largest absolute Gasteiger partial charge is 0.489 e. The van der Waals surface area contributed by atoms with Crippen LogP contribution in [0.3, 0.4) is 0 Å². The minimum Gasteiger partial charge on any atom is -0.489 e. The van der Waals surface area contributed by atoms with Crippen LogP contribution in [0.1, 0.15) is 23.7 Å². The van der Waals surface area contributed by atoms with Crippen LogP contribution in [0.4, 0.5) is 4.39 Å². The van der Waals surface area contributed by atoms with Crippen LogP contribution in [0.5, 0.6) is 5.75 Å². The number of aryl methyl sites for hydroxylation is 2. The molecule has 6 heteroatoms. The van der Waals surface area contributed by atoms with Gasteiger partial charge in [0.25, 0.3) is 0 Å². The van der Waals surface area contributed by atoms with Crippen LogP contribution < -0.4 is 10.5 Å². The third kappa shape index (κ3) is 3.95. The molecule has 0 aliphatic heterocycles. The molecule has 2 rings (SSSR count). The van der Waals surface area contributed by atoms with E-state index in [1.807, 2.05) is 13.8 Å². The summed E-state index contributed by atoms with van der Waals surface area (Å²) in [5.74, 6) is 0.127. The fourth-order valence-electron chi connectivity index (χ4n) is 2.19. The molecule has 4 nitrogen and oxygen atoms in total. The number of halogens is 2. The van der Waals surface area contributed by atoms with Crippen molar-refractivity contribution < 1.29 is 9.13 Å². The van der Waals surface area contributed by atoms with Crippen molar-refractivity contribution in [1.29, 1.82) is 0 Å². The average molecular weight is 312 g/mol. The molecule has 1 aromatic carbocycles. The van der Waals surface area contributed by atoms with E-state index in [0.717, 1.165) is 16.8 Å². The van der Waals surface area contributed by atoms with Crippen LogP contribution in [0.25, 0.3) is 0 Å². The van der Waals surface area contributed by atoms with Gasteiger partial charge in [-0.25, -0.2) is 4.39 Å². The lowest BCUT2D eigenvalue weighted by molar-refractivity contribution is 0.303. The highest BCUT2D eigenvalue weighted by Gasteiger charge is 2.12. The number of ether oxygens (including phenoxy) is 1. The Balaban J connectivity index is 2.14. The van der Waals surface area contributed by atoms with Gasteiger partial charge in [-0.15, -0.1) is 0 Å². The zero-order valence-corrected chi connectivity index (χ0v) is 13.1. The van der Waals surface area contributed by atoms with Gasteiger partial charge in [0.15, 0.2) is 0 Å². The molecule has 0 aliphatic carbocycles. The van der Waals surface area contributed by atoms with Crippen LogP contribution in [0.2, 0.25) is 5.15 Å². The summed E-state index contributed by atoms with van der Waals surface area (Å²) in [6.07, 6.45) is 0.598. The van der Waals surface area contributed by atoms with Gasteiger partial charge >= 0.3 is 0 Å². The van der Waals surface area contributed by atoms with Gasteiger partial charge in [0.2, 0.25) is 0 Å². The van der Waals surface area contributed by atoms with E-state index in [9.17, 15) is 4.39 Å². The van der Waals surface area contributed by atoms with Crippen molar-refractivity contribution in [2.75, 3.05) is 0 Å². The lowest BCUT2D eigenvalue weighted by Gasteiger charge is -2.10. The van der Waals surface area contributed by atoms with Crippen molar-refractivity contribution in [2.24, 2.45) is 12.8 Å². The standard InChI is InChI=1S/C15H19ClFN3O/c1-9(18)4-11-5-12(17)7-13(6-11)21-8-14-10(2)19-20(3)15(14)16/h5-7,9H,4,8,18H2,1-3H3. The van der Waals surface area contributed by atoms with Crippen molar-refractivity contribution in [3.8, 4) is 5.75 Å². The van der Waals surface area contributed by atoms with E-state index in [0.29, 0.717) is 17.3 Å². The molecule has 1 heterocycles. The van der Waals surface area contributed by atoms with Gasteiger partial charge < -0.3 is 10.5 Å². The van der Waals surface area contributed by atoms with Gasteiger partial charge in [-0.3, -0.25) is 4.68 Å². The maximum atomic E-state index is 13.6. The summed E-state index contributed by atoms with van der Waals surface area (Å²) >= 11 is 6.14. The molecular weight excluding hydrogens is 293 g/mol. The Labute approximate surface area is 128 Å². The zero-order valence-electron chi connectivity index (χ0n) is 12.4. The molecular formula is C15H19ClFN3O. The lowest BCUT2D eigenvalue weighted by atomic mass is 10.1. The molecule has 0 aliphatic rings. The second-order valence-electron chi connectivity index (χ2n) is 5.24. The number of benzene rings is 1. The Hall–Kier alpha value is -1.59. The summed E-state index contributed by atoms with van der Waals surface area (Å²) in [5.41, 5.74) is 8.16. The van der Waals surface area contributed by atoms with Crippen molar-refractivity contribution >= 4 is 11.6 Å². The molecule has 114 valence electrons. The van der Waals surface area contributed by atoms with E-state index < -0.39 is 0 Å². The highest BCUT2D eigenvalue weighted by Crippen LogP contribution is 2.23. The first kappa shape index (κ1) is 15.8. The van der Waals surface area contributed by atoms with E-state index >= 15 is 0 Å². The number of hydrogen-bond acceptors (Lipinski definition) is 3. The summed E-state index contributed by atoms with van der Waals surface area (Å²) in [6.45, 7) is 3.99. The predicted octanol–water partition coefficient (Wildman–Crippen LogP) is 2.99. The van der Waals surface area contributed by atoms with Crippen LogP contribution in [0, 0.1) is 12.7 Å². The van der Waals surface area contributed by atoms with Crippen LogP contribution in [-0.2, 0) is 20.1 Å². The van der Waals surface area contributed by atoms with Gasteiger partial charge in [-0.05, 0) is 38.0 Å². The molecule has 0 saturated carbocycles. The molecule has 1 aromatic heterocycles. The molecule has 0 bridgehead atoms. The molecule has 2 aromatic rings. The van der Waals surface area contributed by atoms with Gasteiger partial charge in [0.1, 0.15) is 23.3 Å². The molecule has 0 radical (unpaired) electrons. The fourth-order valence-corrected chi connectivity index (χ4v) is 2.42. The molecule has 1 unspecified atom stereocenters. The number of nitrogens with zero attached hydrogens (tertiary/aromatic N) is 2. The van der Waals surface area contributed by atoms with E-state index in [4.69, 9.17) is 22.1 Å². The minimum atomic E-state index is -0.336. The van der Waals surface area contributed by atoms with Crippen molar-refractivity contribution in [3.05, 3.63) is 46.0 Å². The Morgan fingerprint density at radius 3 is 2.71 bits per heavy atom. The Kier molecular flexibility index (Phi) is 4.85. The SMILES string of the molecule is Cc1nn(C)c(Cl)c1COc1cc(F)cc(CC(C)N)c1. The van der Waals surface area contributed by atoms with E-state index in [1.54, 1.807) is 17.8 Å². The predicted molar refractivity (Wildman–Crippen MR) is 81.0 cm³/mol. The summed E-state index contributed by atoms with van der Waals surface area (Å²) in [4.78, 5) is 0. The number of rotatable bonds is 5. The highest BCUT2D eigenvalue weighted by atomic mass is 35.5. The minimum absolute atomic E-state index is 0.0327. The smallest absolute Gasteiger partial charge is 0.133 e. The Morgan fingerprint density at radius 1 is 1.43 bits per heavy atom. The summed E-state index contributed by atoms with van der Waals surface area (Å²) in [6, 6.07) is 4.59. The van der Waals surface area contributed by atoms with Crippen LogP contribution in [-0.4, -0.2) is 15.8 Å². The monoisotopic (exact) mass is 311 g/mol. The van der Waals surface area contributed by atoms with Crippen LogP contribution in [0.15, 0.2) is 18.2 Å². The first-order valence-electron chi connectivity index (χ1n) is 6.72. The van der Waals surface area contributed by atoms with E-state index in [-0.39, 0.29) is 18.5 Å². The lowest BCUT2D eigenvalue weighted by Crippen LogP contribution is -2.17. The van der Waals surface area contributed by atoms with Gasteiger partial charge in [0.05, 0.1) is 5.69 Å². The molecule has 21 heavy (non-hydrogen) atoms. The quantitative estimate of drug-likeness (QED) is 0.923. The Morgan fingerprint density at radius 2 is 2.14 bits per heavy atom. The first-order valence-corrected chi connectivity index (χ1v) is 7.10. The van der Waals surface area contributed by atoms with Crippen molar-refractivity contribution in [3.63, 3.8) is 0 Å². The third-order valence-corrected chi connectivity index (χ3v) is 3.61. The topological polar surface area (TPSA) is 53.1 Å². The van der Waals surface area contributed by atoms with Crippen molar-refractivity contribution in [2.45, 2.75) is 32.9 Å². The molecule has 0 fully saturated rings. The molecule has 2 N–H and O–H groups in total. The number of nitrogens with two attached hydrogens (primary N) is 1. The molecule has 0 saturated heterocycles. The van der Waals surface area contributed by atoms with E-state index in [2.05, 4.69) is 5.10 Å². The van der Waals surface area contributed by atoms with Crippen LogP contribution >= 0.6 is 11.6 Å².